The molecule has 0 bridgehead atoms. The maximum absolute atomic E-state index is 13.9. The van der Waals surface area contributed by atoms with Gasteiger partial charge in [0.1, 0.15) is 11.5 Å². The van der Waals surface area contributed by atoms with Crippen molar-refractivity contribution < 1.29 is 14.2 Å². The van der Waals surface area contributed by atoms with E-state index in [-0.39, 0.29) is 18.3 Å². The summed E-state index contributed by atoms with van der Waals surface area (Å²) in [7, 11) is 0. The molecule has 0 aliphatic carbocycles. The minimum absolute atomic E-state index is 0.000770. The van der Waals surface area contributed by atoms with Gasteiger partial charge in [0.15, 0.2) is 17.2 Å². The molecule has 0 radical (unpaired) electrons. The van der Waals surface area contributed by atoms with E-state index in [1.807, 2.05) is 18.2 Å². The van der Waals surface area contributed by atoms with E-state index in [9.17, 15) is 9.50 Å². The third kappa shape index (κ3) is 3.98. The second-order valence-electron chi connectivity index (χ2n) is 6.39. The van der Waals surface area contributed by atoms with Crippen LogP contribution in [0.15, 0.2) is 48.5 Å². The molecule has 1 unspecified atom stereocenters. The van der Waals surface area contributed by atoms with Crippen LogP contribution in [-0.4, -0.2) is 37.9 Å². The summed E-state index contributed by atoms with van der Waals surface area (Å²) in [5, 5.41) is 21.0. The van der Waals surface area contributed by atoms with Gasteiger partial charge >= 0.3 is 6.01 Å². The van der Waals surface area contributed by atoms with Crippen LogP contribution < -0.4 is 10.1 Å². The number of hydrogen-bond acceptors (Lipinski definition) is 6. The maximum atomic E-state index is 13.9. The van der Waals surface area contributed by atoms with Gasteiger partial charge in [-0.25, -0.2) is 4.39 Å². The van der Waals surface area contributed by atoms with E-state index in [2.05, 4.69) is 25.5 Å². The highest BCUT2D eigenvalue weighted by molar-refractivity contribution is 6.33. The molecule has 1 atom stereocenters. The van der Waals surface area contributed by atoms with Crippen molar-refractivity contribution in [1.29, 1.82) is 0 Å². The van der Waals surface area contributed by atoms with Gasteiger partial charge in [-0.3, -0.25) is 5.10 Å². The Balaban J connectivity index is 1.83. The highest BCUT2D eigenvalue weighted by Gasteiger charge is 2.19. The van der Waals surface area contributed by atoms with E-state index in [0.29, 0.717) is 33.1 Å². The Kier molecular flexibility index (Phi) is 5.28. The molecular weight excluding hydrogens is 397 g/mol. The van der Waals surface area contributed by atoms with Gasteiger partial charge in [-0.15, -0.1) is 0 Å². The van der Waals surface area contributed by atoms with Crippen LogP contribution in [0.1, 0.15) is 6.92 Å². The number of rotatable bonds is 6. The maximum Gasteiger partial charge on any atom is 0.326 e. The number of aliphatic hydroxyl groups is 1. The van der Waals surface area contributed by atoms with Crippen LogP contribution in [0.5, 0.6) is 11.8 Å². The molecule has 0 amide bonds. The molecule has 2 aromatic heterocycles. The number of fused-ring (bicyclic) bond motifs is 1. The number of H-pyrrole nitrogens is 1. The smallest absolute Gasteiger partial charge is 0.326 e. The molecule has 0 aliphatic rings. The number of hydrogen-bond donors (Lipinski definition) is 3. The molecule has 4 rings (SSSR count). The molecule has 9 heteroatoms. The largest absolute Gasteiger partial charge is 0.421 e. The van der Waals surface area contributed by atoms with E-state index < -0.39 is 11.9 Å². The summed E-state index contributed by atoms with van der Waals surface area (Å²) in [4.78, 5) is 8.68. The zero-order chi connectivity index (χ0) is 20.4. The van der Waals surface area contributed by atoms with Crippen LogP contribution in [0.4, 0.5) is 10.2 Å². The van der Waals surface area contributed by atoms with Crippen LogP contribution in [0.25, 0.3) is 22.3 Å². The number of ether oxygens (including phenoxy) is 1. The fourth-order valence-electron chi connectivity index (χ4n) is 2.80. The summed E-state index contributed by atoms with van der Waals surface area (Å²) < 4.78 is 19.5. The molecule has 7 nitrogen and oxygen atoms in total. The molecule has 0 fully saturated rings. The zero-order valence-electron chi connectivity index (χ0n) is 15.4. The minimum atomic E-state index is -0.619. The predicted octanol–water partition coefficient (Wildman–Crippen LogP) is 4.40. The summed E-state index contributed by atoms with van der Waals surface area (Å²) in [5.41, 5.74) is 1.64. The number of aromatic nitrogens is 4. The summed E-state index contributed by atoms with van der Waals surface area (Å²) in [6.07, 6.45) is -0.619. The molecule has 3 N–H and O–H groups in total. The zero-order valence-corrected chi connectivity index (χ0v) is 16.1. The van der Waals surface area contributed by atoms with E-state index in [1.165, 1.54) is 12.1 Å². The Hall–Kier alpha value is -3.23. The number of nitrogens with zero attached hydrogens (tertiary/aromatic N) is 3. The first-order valence-corrected chi connectivity index (χ1v) is 9.26. The lowest BCUT2D eigenvalue weighted by Gasteiger charge is -2.12. The molecule has 0 aliphatic heterocycles. The van der Waals surface area contributed by atoms with Crippen LogP contribution >= 0.6 is 11.6 Å². The van der Waals surface area contributed by atoms with Crippen LogP contribution in [-0.2, 0) is 0 Å². The Labute approximate surface area is 170 Å². The summed E-state index contributed by atoms with van der Waals surface area (Å²) >= 11 is 6.33. The Morgan fingerprint density at radius 2 is 1.93 bits per heavy atom. The van der Waals surface area contributed by atoms with Crippen LogP contribution in [0.2, 0.25) is 5.02 Å². The first-order valence-electron chi connectivity index (χ1n) is 8.88. The summed E-state index contributed by atoms with van der Waals surface area (Å²) in [5.74, 6) is -0.152. The monoisotopic (exact) mass is 413 g/mol. The summed E-state index contributed by atoms with van der Waals surface area (Å²) in [6.45, 7) is 1.88. The van der Waals surface area contributed by atoms with E-state index >= 15 is 0 Å². The van der Waals surface area contributed by atoms with E-state index in [0.717, 1.165) is 0 Å². The van der Waals surface area contributed by atoms with Gasteiger partial charge < -0.3 is 15.2 Å². The fraction of sp³-hybridized carbons (Fsp3) is 0.150. The van der Waals surface area contributed by atoms with Gasteiger partial charge in [0.25, 0.3) is 0 Å². The Bertz CT molecular complexity index is 1160. The second kappa shape index (κ2) is 8.02. The van der Waals surface area contributed by atoms with Gasteiger partial charge in [0.2, 0.25) is 0 Å². The van der Waals surface area contributed by atoms with Crippen molar-refractivity contribution in [3.8, 4) is 23.0 Å². The fourth-order valence-corrected chi connectivity index (χ4v) is 3.03. The van der Waals surface area contributed by atoms with Gasteiger partial charge in [0, 0.05) is 12.1 Å². The van der Waals surface area contributed by atoms with Gasteiger partial charge in [-0.05, 0) is 25.1 Å². The predicted molar refractivity (Wildman–Crippen MR) is 109 cm³/mol. The molecule has 0 saturated heterocycles. The lowest BCUT2D eigenvalue weighted by molar-refractivity contribution is 0.208. The number of halogens is 2. The average Bonchev–Trinajstić information content (AvgIpc) is 3.12. The normalized spacial score (nSPS) is 12.1. The van der Waals surface area contributed by atoms with Crippen LogP contribution in [0.3, 0.4) is 0 Å². The van der Waals surface area contributed by atoms with E-state index in [1.54, 1.807) is 25.1 Å². The lowest BCUT2D eigenvalue weighted by Crippen LogP contribution is -2.16. The third-order valence-electron chi connectivity index (χ3n) is 4.13. The number of aromatic amines is 1. The topological polar surface area (TPSA) is 96.0 Å². The average molecular weight is 414 g/mol. The number of para-hydroxylation sites is 1. The SMILES string of the molecule is CC(O)CNc1nc(Oc2ccccc2F)nc2[nH]nc(-c3ccccc3Cl)c12. The standard InChI is InChI=1S/C20H17ClFN5O2/c1-11(28)10-23-18-16-17(12-6-2-3-7-13(12)21)26-27-19(16)25-20(24-18)29-15-9-5-4-8-14(15)22/h2-9,11,28H,10H2,1H3,(H2,23,24,25,26,27). The molecule has 148 valence electrons. The van der Waals surface area contributed by atoms with Crippen molar-refractivity contribution in [2.75, 3.05) is 11.9 Å². The molecule has 0 saturated carbocycles. The Morgan fingerprint density at radius 1 is 1.17 bits per heavy atom. The molecule has 29 heavy (non-hydrogen) atoms. The number of aliphatic hydroxyl groups excluding tert-OH is 1. The first kappa shape index (κ1) is 19.1. The molecular formula is C20H17ClFN5O2. The van der Waals surface area contributed by atoms with E-state index in [4.69, 9.17) is 16.3 Å². The van der Waals surface area contributed by atoms with Gasteiger partial charge in [-0.2, -0.15) is 15.1 Å². The summed E-state index contributed by atoms with van der Waals surface area (Å²) in [6, 6.07) is 13.2. The molecule has 4 aromatic rings. The second-order valence-corrected chi connectivity index (χ2v) is 6.80. The van der Waals surface area contributed by atoms with Gasteiger partial charge in [-0.1, -0.05) is 41.9 Å². The number of benzene rings is 2. The molecule has 2 aromatic carbocycles. The Morgan fingerprint density at radius 3 is 2.69 bits per heavy atom. The molecule has 0 spiro atoms. The number of nitrogens with one attached hydrogen (secondary N) is 2. The molecule has 2 heterocycles. The van der Waals surface area contributed by atoms with Gasteiger partial charge in [0.05, 0.1) is 16.5 Å². The first-order chi connectivity index (χ1) is 14.0. The van der Waals surface area contributed by atoms with Crippen molar-refractivity contribution in [2.45, 2.75) is 13.0 Å². The lowest BCUT2D eigenvalue weighted by atomic mass is 10.1. The van der Waals surface area contributed by atoms with Crippen molar-refractivity contribution >= 4 is 28.5 Å². The van der Waals surface area contributed by atoms with Crippen LogP contribution in [0, 0.1) is 5.82 Å². The third-order valence-corrected chi connectivity index (χ3v) is 4.46. The number of anilines is 1. The van der Waals surface area contributed by atoms with Crippen molar-refractivity contribution in [2.24, 2.45) is 0 Å². The highest BCUT2D eigenvalue weighted by Crippen LogP contribution is 2.35. The van der Waals surface area contributed by atoms with Crippen molar-refractivity contribution in [1.82, 2.24) is 20.2 Å². The van der Waals surface area contributed by atoms with Crippen molar-refractivity contribution in [3.05, 3.63) is 59.4 Å². The van der Waals surface area contributed by atoms with Crippen molar-refractivity contribution in [3.63, 3.8) is 0 Å². The minimum Gasteiger partial charge on any atom is -0.421 e. The highest BCUT2D eigenvalue weighted by atomic mass is 35.5. The quantitative estimate of drug-likeness (QED) is 0.433.